The normalized spacial score (nSPS) is 10.1. The first kappa shape index (κ1) is 28.9. The lowest BCUT2D eigenvalue weighted by Gasteiger charge is -2.12. The molecule has 0 atom stereocenters. The Morgan fingerprint density at radius 2 is 1.46 bits per heavy atom. The van der Waals surface area contributed by atoms with Gasteiger partial charge in [-0.3, -0.25) is 14.6 Å². The molecule has 0 spiro atoms. The maximum atomic E-state index is 12.9. The Labute approximate surface area is 231 Å². The molecule has 0 bridgehead atoms. The zero-order valence-corrected chi connectivity index (χ0v) is 23.3. The molecule has 0 aromatic heterocycles. The molecule has 0 aliphatic heterocycles. The standard InChI is InChI=1S/C31H30N4O2.C2H6/c1-20-7-5-6-8-26(20)31(37)35-28-18-25(12-9-21(28)2)30(36)34-19-22-10-13-23(14-11-22)24-15-16-27(32-3)29(17-24)33-4;1-2/h5-18,32H,4,19H2,1-3H3,(H,34,36)(H,35,37);1-2H3. The Hall–Kier alpha value is -4.71. The number of hydrogen-bond acceptors (Lipinski definition) is 4. The van der Waals surface area contributed by atoms with Crippen molar-refractivity contribution in [2.45, 2.75) is 34.2 Å². The van der Waals surface area contributed by atoms with Crippen LogP contribution in [0.1, 0.15) is 51.3 Å². The van der Waals surface area contributed by atoms with E-state index in [1.807, 2.05) is 101 Å². The third kappa shape index (κ3) is 7.20. The van der Waals surface area contributed by atoms with Gasteiger partial charge in [0.05, 0.1) is 11.4 Å². The number of nitrogens with zero attached hydrogens (tertiary/aromatic N) is 1. The fraction of sp³-hybridized carbons (Fsp3) is 0.182. The van der Waals surface area contributed by atoms with Gasteiger partial charge >= 0.3 is 0 Å². The van der Waals surface area contributed by atoms with Gasteiger partial charge in [0, 0.05) is 30.4 Å². The molecule has 0 saturated heterocycles. The fourth-order valence-electron chi connectivity index (χ4n) is 4.07. The second-order valence-electron chi connectivity index (χ2n) is 8.82. The van der Waals surface area contributed by atoms with Crippen LogP contribution >= 0.6 is 0 Å². The van der Waals surface area contributed by atoms with E-state index in [1.165, 1.54) is 0 Å². The summed E-state index contributed by atoms with van der Waals surface area (Å²) >= 11 is 0. The average molecular weight is 521 g/mol. The van der Waals surface area contributed by atoms with E-state index in [2.05, 4.69) is 27.7 Å². The Morgan fingerprint density at radius 1 is 0.769 bits per heavy atom. The Kier molecular flexibility index (Phi) is 10.2. The number of amides is 2. The molecular weight excluding hydrogens is 484 g/mol. The van der Waals surface area contributed by atoms with Crippen molar-refractivity contribution in [2.75, 3.05) is 17.7 Å². The summed E-state index contributed by atoms with van der Waals surface area (Å²) in [7, 11) is 1.85. The summed E-state index contributed by atoms with van der Waals surface area (Å²) in [6.07, 6.45) is 0. The molecule has 39 heavy (non-hydrogen) atoms. The highest BCUT2D eigenvalue weighted by atomic mass is 16.2. The molecule has 6 nitrogen and oxygen atoms in total. The van der Waals surface area contributed by atoms with Crippen LogP contribution in [-0.2, 0) is 6.54 Å². The van der Waals surface area contributed by atoms with E-state index < -0.39 is 0 Å². The van der Waals surface area contributed by atoms with Gasteiger partial charge in [-0.1, -0.05) is 68.4 Å². The maximum absolute atomic E-state index is 12.9. The molecular formula is C33H36N4O2. The molecule has 4 aromatic rings. The van der Waals surface area contributed by atoms with Crippen LogP contribution in [0.25, 0.3) is 11.1 Å². The molecule has 0 radical (unpaired) electrons. The van der Waals surface area contributed by atoms with Gasteiger partial charge in [-0.05, 0) is 78.7 Å². The minimum atomic E-state index is -0.208. The maximum Gasteiger partial charge on any atom is 0.255 e. The second-order valence-corrected chi connectivity index (χ2v) is 8.82. The van der Waals surface area contributed by atoms with Gasteiger partial charge < -0.3 is 16.0 Å². The monoisotopic (exact) mass is 520 g/mol. The van der Waals surface area contributed by atoms with E-state index in [0.717, 1.165) is 39.2 Å². The first-order valence-corrected chi connectivity index (χ1v) is 13.0. The first-order chi connectivity index (χ1) is 18.9. The molecule has 0 heterocycles. The molecule has 4 rings (SSSR count). The second kappa shape index (κ2) is 13.7. The van der Waals surface area contributed by atoms with Crippen molar-refractivity contribution in [1.29, 1.82) is 0 Å². The largest absolute Gasteiger partial charge is 0.386 e. The van der Waals surface area contributed by atoms with Gasteiger partial charge in [-0.25, -0.2) is 0 Å². The van der Waals surface area contributed by atoms with Crippen LogP contribution in [0.2, 0.25) is 0 Å². The van der Waals surface area contributed by atoms with Crippen LogP contribution in [0.5, 0.6) is 0 Å². The Morgan fingerprint density at radius 3 is 2.13 bits per heavy atom. The molecule has 3 N–H and O–H groups in total. The smallest absolute Gasteiger partial charge is 0.255 e. The van der Waals surface area contributed by atoms with Crippen molar-refractivity contribution in [3.8, 4) is 11.1 Å². The third-order valence-electron chi connectivity index (χ3n) is 6.32. The molecule has 0 saturated carbocycles. The number of carbonyl (C=O) groups is 2. The van der Waals surface area contributed by atoms with Crippen LogP contribution < -0.4 is 16.0 Å². The van der Waals surface area contributed by atoms with Crippen LogP contribution in [0, 0.1) is 13.8 Å². The van der Waals surface area contributed by atoms with E-state index in [4.69, 9.17) is 0 Å². The molecule has 0 fully saturated rings. The summed E-state index contributed by atoms with van der Waals surface area (Å²) in [5, 5.41) is 9.01. The lowest BCUT2D eigenvalue weighted by atomic mass is 10.0. The zero-order valence-electron chi connectivity index (χ0n) is 23.3. The number of rotatable bonds is 8. The highest BCUT2D eigenvalue weighted by Gasteiger charge is 2.13. The predicted molar refractivity (Wildman–Crippen MR) is 163 cm³/mol. The van der Waals surface area contributed by atoms with Crippen LogP contribution in [0.15, 0.2) is 89.9 Å². The van der Waals surface area contributed by atoms with Gasteiger partial charge in [0.2, 0.25) is 0 Å². The van der Waals surface area contributed by atoms with Crippen molar-refractivity contribution in [3.63, 3.8) is 0 Å². The molecule has 200 valence electrons. The van der Waals surface area contributed by atoms with Crippen molar-refractivity contribution < 1.29 is 9.59 Å². The summed E-state index contributed by atoms with van der Waals surface area (Å²) in [6.45, 7) is 11.8. The highest BCUT2D eigenvalue weighted by molar-refractivity contribution is 6.06. The summed E-state index contributed by atoms with van der Waals surface area (Å²) in [6, 6.07) is 26.7. The number of benzene rings is 4. The minimum absolute atomic E-state index is 0.199. The molecule has 4 aromatic carbocycles. The van der Waals surface area contributed by atoms with Crippen molar-refractivity contribution in [1.82, 2.24) is 5.32 Å². The first-order valence-electron chi connectivity index (χ1n) is 13.0. The number of nitrogens with one attached hydrogen (secondary N) is 3. The number of aliphatic imine (C=N–C) groups is 1. The lowest BCUT2D eigenvalue weighted by Crippen LogP contribution is -2.23. The van der Waals surface area contributed by atoms with Crippen molar-refractivity contribution in [2.24, 2.45) is 4.99 Å². The van der Waals surface area contributed by atoms with Crippen LogP contribution in [0.4, 0.5) is 17.1 Å². The van der Waals surface area contributed by atoms with Crippen molar-refractivity contribution in [3.05, 3.63) is 113 Å². The van der Waals surface area contributed by atoms with Gasteiger partial charge in [0.25, 0.3) is 11.8 Å². The Bertz CT molecular complexity index is 1460. The average Bonchev–Trinajstić information content (AvgIpc) is 2.98. The van der Waals surface area contributed by atoms with E-state index in [9.17, 15) is 9.59 Å². The molecule has 6 heteroatoms. The third-order valence-corrected chi connectivity index (χ3v) is 6.32. The van der Waals surface area contributed by atoms with Crippen LogP contribution in [-0.4, -0.2) is 25.6 Å². The fourth-order valence-corrected chi connectivity index (χ4v) is 4.07. The highest BCUT2D eigenvalue weighted by Crippen LogP contribution is 2.30. The van der Waals surface area contributed by atoms with E-state index >= 15 is 0 Å². The number of hydrogen-bond donors (Lipinski definition) is 3. The van der Waals surface area contributed by atoms with E-state index in [-0.39, 0.29) is 11.8 Å². The summed E-state index contributed by atoms with van der Waals surface area (Å²) in [4.78, 5) is 29.7. The summed E-state index contributed by atoms with van der Waals surface area (Å²) in [5.41, 5.74) is 8.26. The molecule has 0 aliphatic rings. The minimum Gasteiger partial charge on any atom is -0.386 e. The number of carbonyl (C=O) groups excluding carboxylic acids is 2. The lowest BCUT2D eigenvalue weighted by molar-refractivity contribution is 0.0949. The summed E-state index contributed by atoms with van der Waals surface area (Å²) in [5.74, 6) is -0.407. The van der Waals surface area contributed by atoms with E-state index in [0.29, 0.717) is 23.4 Å². The Balaban J connectivity index is 0.00000205. The SMILES string of the molecule is C=Nc1cc(-c2ccc(CNC(=O)c3ccc(C)c(NC(=O)c4ccccc4C)c3)cc2)ccc1NC.CC. The quantitative estimate of drug-likeness (QED) is 0.210. The topological polar surface area (TPSA) is 82.6 Å². The van der Waals surface area contributed by atoms with E-state index in [1.54, 1.807) is 18.2 Å². The van der Waals surface area contributed by atoms with Gasteiger partial charge in [0.15, 0.2) is 0 Å². The van der Waals surface area contributed by atoms with Crippen molar-refractivity contribution >= 4 is 35.6 Å². The number of anilines is 2. The molecule has 0 aliphatic carbocycles. The molecule has 2 amide bonds. The van der Waals surface area contributed by atoms with Gasteiger partial charge in [-0.15, -0.1) is 0 Å². The zero-order chi connectivity index (χ0) is 28.4. The van der Waals surface area contributed by atoms with Gasteiger partial charge in [-0.2, -0.15) is 0 Å². The molecule has 0 unspecified atom stereocenters. The van der Waals surface area contributed by atoms with Crippen LogP contribution in [0.3, 0.4) is 0 Å². The predicted octanol–water partition coefficient (Wildman–Crippen LogP) is 7.55. The van der Waals surface area contributed by atoms with Gasteiger partial charge in [0.1, 0.15) is 0 Å². The summed E-state index contributed by atoms with van der Waals surface area (Å²) < 4.78 is 0. The number of aryl methyl sites for hydroxylation is 2.